The number of hydrogen-bond acceptors (Lipinski definition) is 1. The molecule has 9 rings (SSSR count). The second kappa shape index (κ2) is 11.0. The summed E-state index contributed by atoms with van der Waals surface area (Å²) in [5, 5.41) is 6.31. The molecule has 6 aromatic rings. The molecule has 51 heavy (non-hydrogen) atoms. The van der Waals surface area contributed by atoms with Crippen molar-refractivity contribution >= 4 is 27.9 Å². The van der Waals surface area contributed by atoms with Gasteiger partial charge in [-0.1, -0.05) is 139 Å². The highest BCUT2D eigenvalue weighted by Gasteiger charge is 2.43. The first kappa shape index (κ1) is 31.9. The van der Waals surface area contributed by atoms with Gasteiger partial charge in [-0.15, -0.1) is 0 Å². The van der Waals surface area contributed by atoms with Gasteiger partial charge in [0.15, 0.2) is 0 Å². The average molecular weight is 665 g/mol. The van der Waals surface area contributed by atoms with E-state index in [0.29, 0.717) is 0 Å². The maximum absolute atomic E-state index is 3.59. The number of fused-ring (bicyclic) bond motifs is 2. The van der Waals surface area contributed by atoms with E-state index in [1.54, 1.807) is 0 Å². The summed E-state index contributed by atoms with van der Waals surface area (Å²) in [4.78, 5) is 0. The van der Waals surface area contributed by atoms with Gasteiger partial charge in [-0.05, 0) is 105 Å². The zero-order valence-corrected chi connectivity index (χ0v) is 31.3. The van der Waals surface area contributed by atoms with E-state index in [-0.39, 0.29) is 22.2 Å². The molecule has 0 saturated heterocycles. The largest absolute Gasteiger partial charge is 0.362 e. The van der Waals surface area contributed by atoms with Crippen LogP contribution in [0.4, 0.5) is 0 Å². The van der Waals surface area contributed by atoms with Crippen molar-refractivity contribution in [1.29, 1.82) is 0 Å². The van der Waals surface area contributed by atoms with E-state index in [1.165, 1.54) is 83.1 Å². The van der Waals surface area contributed by atoms with Crippen LogP contribution in [0.15, 0.2) is 121 Å². The molecule has 0 saturated carbocycles. The molecule has 3 heterocycles. The lowest BCUT2D eigenvalue weighted by Gasteiger charge is -2.42. The zero-order chi connectivity index (χ0) is 35.4. The third kappa shape index (κ3) is 4.61. The molecule has 0 amide bonds. The zero-order valence-electron chi connectivity index (χ0n) is 31.3. The number of para-hydroxylation sites is 2. The lowest BCUT2D eigenvalue weighted by atomic mass is 9.68. The summed E-state index contributed by atoms with van der Waals surface area (Å²) in [6.45, 7) is 19.0. The molecule has 3 aliphatic rings. The van der Waals surface area contributed by atoms with Crippen LogP contribution in [0.25, 0.3) is 44.7 Å². The van der Waals surface area contributed by atoms with Crippen molar-refractivity contribution in [3.05, 3.63) is 166 Å². The van der Waals surface area contributed by atoms with Crippen LogP contribution in [0.2, 0.25) is 0 Å². The SMILES string of the molecule is Cc1ccccc1/C=C\NC1=C/CC(C)(C)c2cc(-c3cc4c5c(c3)c3cccc6c3n5-c3c(cccc3C4(C)C)C6(C)C)ccc2C(C)/C=C\1. The van der Waals surface area contributed by atoms with Crippen LogP contribution in [0.3, 0.4) is 0 Å². The fourth-order valence-corrected chi connectivity index (χ4v) is 9.37. The van der Waals surface area contributed by atoms with Gasteiger partial charge >= 0.3 is 0 Å². The highest BCUT2D eigenvalue weighted by molar-refractivity contribution is 6.15. The van der Waals surface area contributed by atoms with Crippen molar-refractivity contribution < 1.29 is 0 Å². The fourth-order valence-electron chi connectivity index (χ4n) is 9.37. The number of nitrogens with zero attached hydrogens (tertiary/aromatic N) is 1. The van der Waals surface area contributed by atoms with Gasteiger partial charge in [-0.3, -0.25) is 0 Å². The third-order valence-corrected chi connectivity index (χ3v) is 12.5. The first-order valence-corrected chi connectivity index (χ1v) is 18.7. The molecule has 0 radical (unpaired) electrons. The minimum absolute atomic E-state index is 0.0550. The van der Waals surface area contributed by atoms with Crippen molar-refractivity contribution in [2.24, 2.45) is 0 Å². The van der Waals surface area contributed by atoms with Gasteiger partial charge in [0.1, 0.15) is 0 Å². The lowest BCUT2D eigenvalue weighted by molar-refractivity contribution is 0.526. The summed E-state index contributed by atoms with van der Waals surface area (Å²) in [6, 6.07) is 34.8. The number of aryl methyl sites for hydroxylation is 1. The second-order valence-corrected chi connectivity index (χ2v) is 16.9. The molecule has 2 aliphatic heterocycles. The summed E-state index contributed by atoms with van der Waals surface area (Å²) >= 11 is 0. The van der Waals surface area contributed by atoms with Crippen molar-refractivity contribution in [3.63, 3.8) is 0 Å². The van der Waals surface area contributed by atoms with Crippen LogP contribution in [0, 0.1) is 6.92 Å². The quantitative estimate of drug-likeness (QED) is 0.198. The Hall–Kier alpha value is -5.08. The smallest absolute Gasteiger partial charge is 0.0582 e. The third-order valence-electron chi connectivity index (χ3n) is 12.5. The Morgan fingerprint density at radius 2 is 1.37 bits per heavy atom. The maximum Gasteiger partial charge on any atom is 0.0582 e. The molecule has 2 heteroatoms. The van der Waals surface area contributed by atoms with E-state index in [2.05, 4.69) is 187 Å². The van der Waals surface area contributed by atoms with E-state index < -0.39 is 0 Å². The van der Waals surface area contributed by atoms with E-state index in [0.717, 1.165) is 12.1 Å². The van der Waals surface area contributed by atoms with Crippen LogP contribution in [0.5, 0.6) is 0 Å². The summed E-state index contributed by atoms with van der Waals surface area (Å²) in [7, 11) is 0. The first-order chi connectivity index (χ1) is 24.4. The number of benzene rings is 5. The van der Waals surface area contributed by atoms with Crippen LogP contribution >= 0.6 is 0 Å². The predicted octanol–water partition coefficient (Wildman–Crippen LogP) is 12.5. The Bertz CT molecular complexity index is 2530. The van der Waals surface area contributed by atoms with Crippen LogP contribution in [-0.4, -0.2) is 4.57 Å². The summed E-state index contributed by atoms with van der Waals surface area (Å²) in [5.74, 6) is 0.284. The predicted molar refractivity (Wildman–Crippen MR) is 217 cm³/mol. The Labute approximate surface area is 303 Å². The lowest BCUT2D eigenvalue weighted by Crippen LogP contribution is -2.33. The molecule has 254 valence electrons. The highest BCUT2D eigenvalue weighted by Crippen LogP contribution is 2.56. The molecule has 1 N–H and O–H groups in total. The van der Waals surface area contributed by atoms with Gasteiger partial charge in [0.2, 0.25) is 0 Å². The van der Waals surface area contributed by atoms with Crippen LogP contribution < -0.4 is 5.32 Å². The Morgan fingerprint density at radius 3 is 2.16 bits per heavy atom. The van der Waals surface area contributed by atoms with E-state index in [1.807, 2.05) is 0 Å². The Balaban J connectivity index is 1.17. The van der Waals surface area contributed by atoms with Gasteiger partial charge in [-0.2, -0.15) is 0 Å². The fraction of sp³-hybridized carbons (Fsp3) is 0.265. The van der Waals surface area contributed by atoms with Gasteiger partial charge < -0.3 is 9.88 Å². The molecule has 1 aliphatic carbocycles. The van der Waals surface area contributed by atoms with E-state index in [4.69, 9.17) is 0 Å². The Kier molecular flexibility index (Phi) is 6.85. The molecule has 1 unspecified atom stereocenters. The monoisotopic (exact) mass is 664 g/mol. The summed E-state index contributed by atoms with van der Waals surface area (Å²) < 4.78 is 2.62. The van der Waals surface area contributed by atoms with E-state index in [9.17, 15) is 0 Å². The van der Waals surface area contributed by atoms with Crippen molar-refractivity contribution in [3.8, 4) is 16.8 Å². The van der Waals surface area contributed by atoms with Crippen molar-refractivity contribution in [1.82, 2.24) is 9.88 Å². The van der Waals surface area contributed by atoms with Gasteiger partial charge in [-0.25, -0.2) is 0 Å². The minimum atomic E-state index is -0.139. The molecule has 0 spiro atoms. The second-order valence-electron chi connectivity index (χ2n) is 16.9. The van der Waals surface area contributed by atoms with Crippen LogP contribution in [-0.2, 0) is 16.2 Å². The molecular formula is C49H48N2. The Morgan fingerprint density at radius 1 is 0.686 bits per heavy atom. The number of nitrogens with one attached hydrogen (secondary N) is 1. The van der Waals surface area contributed by atoms with Gasteiger partial charge in [0, 0.05) is 33.5 Å². The average Bonchev–Trinajstić information content (AvgIpc) is 3.47. The highest BCUT2D eigenvalue weighted by atomic mass is 15.0. The molecule has 1 aromatic heterocycles. The normalized spacial score (nSPS) is 20.8. The number of rotatable bonds is 4. The first-order valence-electron chi connectivity index (χ1n) is 18.7. The molecular weight excluding hydrogens is 617 g/mol. The molecule has 0 bridgehead atoms. The molecule has 1 atom stereocenters. The molecule has 5 aromatic carbocycles. The van der Waals surface area contributed by atoms with Crippen molar-refractivity contribution in [2.45, 2.75) is 84.0 Å². The molecule has 0 fully saturated rings. The number of allylic oxidation sites excluding steroid dienone is 3. The summed E-state index contributed by atoms with van der Waals surface area (Å²) in [5.41, 5.74) is 18.7. The van der Waals surface area contributed by atoms with Crippen LogP contribution in [0.1, 0.15) is 105 Å². The maximum atomic E-state index is 3.59. The molecule has 2 nitrogen and oxygen atoms in total. The number of hydrogen-bond donors (Lipinski definition) is 1. The van der Waals surface area contributed by atoms with Gasteiger partial charge in [0.05, 0.1) is 16.7 Å². The van der Waals surface area contributed by atoms with Gasteiger partial charge in [0.25, 0.3) is 0 Å². The topological polar surface area (TPSA) is 17.0 Å². The van der Waals surface area contributed by atoms with Crippen molar-refractivity contribution in [2.75, 3.05) is 0 Å². The standard InChI is InChI=1S/C49H48N2/c1-30-13-9-10-14-32(30)24-26-50-35-21-19-31(2)36-22-20-33(28-42(36)47(3,4)25-23-35)34-27-38-37-15-11-16-39-44(37)51-45(38)43(29-34)49(7,8)41-18-12-17-40(46(41)51)48(39,5)6/h9-24,26-29,31,50H,25H2,1-8H3/b21-19-,26-24-,35-23+. The minimum Gasteiger partial charge on any atom is -0.362 e. The summed E-state index contributed by atoms with van der Waals surface area (Å²) in [6.07, 6.45) is 12.1. The van der Waals surface area contributed by atoms with E-state index >= 15 is 0 Å². The number of aromatic nitrogens is 1.